The highest BCUT2D eigenvalue weighted by Crippen LogP contribution is 2.23. The fourth-order valence-electron chi connectivity index (χ4n) is 1.57. The Kier molecular flexibility index (Phi) is 4.42. The number of anilines is 1. The lowest BCUT2D eigenvalue weighted by molar-refractivity contribution is 0.281. The predicted molar refractivity (Wildman–Crippen MR) is 73.9 cm³/mol. The van der Waals surface area contributed by atoms with Gasteiger partial charge in [0.05, 0.1) is 16.7 Å². The van der Waals surface area contributed by atoms with Crippen molar-refractivity contribution < 1.29 is 5.11 Å². The van der Waals surface area contributed by atoms with E-state index in [2.05, 4.69) is 10.3 Å². The molecule has 0 fully saturated rings. The molecule has 0 saturated carbocycles. The second-order valence-electron chi connectivity index (χ2n) is 3.82. The van der Waals surface area contributed by atoms with Crippen LogP contribution in [0, 0.1) is 0 Å². The quantitative estimate of drug-likeness (QED) is 0.902. The van der Waals surface area contributed by atoms with Crippen molar-refractivity contribution >= 4 is 29.0 Å². The Bertz CT molecular complexity index is 546. The lowest BCUT2D eigenvalue weighted by Crippen LogP contribution is -2.02. The van der Waals surface area contributed by atoms with Crippen LogP contribution < -0.4 is 5.32 Å². The van der Waals surface area contributed by atoms with Crippen molar-refractivity contribution in [3.63, 3.8) is 0 Å². The molecule has 3 nitrogen and oxygen atoms in total. The molecule has 94 valence electrons. The molecule has 0 unspecified atom stereocenters. The molecule has 2 N–H and O–H groups in total. The third-order valence-corrected chi connectivity index (χ3v) is 2.94. The van der Waals surface area contributed by atoms with Crippen molar-refractivity contribution in [3.05, 3.63) is 57.7 Å². The zero-order chi connectivity index (χ0) is 13.0. The molecule has 2 rings (SSSR count). The van der Waals surface area contributed by atoms with Crippen LogP contribution in [0.3, 0.4) is 0 Å². The Balaban J connectivity index is 2.06. The maximum Gasteiger partial charge on any atom is 0.145 e. The summed E-state index contributed by atoms with van der Waals surface area (Å²) in [5, 5.41) is 13.2. The molecule has 0 saturated heterocycles. The standard InChI is InChI=1S/C13H12Cl2N2O/c14-11-5-12(15)13(17-7-11)16-6-9-2-1-3-10(4-9)8-18/h1-5,7,18H,6,8H2,(H,16,17). The molecule has 0 aliphatic carbocycles. The number of pyridine rings is 1. The summed E-state index contributed by atoms with van der Waals surface area (Å²) in [7, 11) is 0. The minimum absolute atomic E-state index is 0.0355. The Morgan fingerprint density at radius 2 is 1.94 bits per heavy atom. The van der Waals surface area contributed by atoms with Gasteiger partial charge in [0.15, 0.2) is 0 Å². The van der Waals surface area contributed by atoms with Crippen LogP contribution in [0.25, 0.3) is 0 Å². The second kappa shape index (κ2) is 6.05. The fourth-order valence-corrected chi connectivity index (χ4v) is 2.02. The Hall–Kier alpha value is -1.29. The van der Waals surface area contributed by atoms with Gasteiger partial charge in [-0.1, -0.05) is 47.5 Å². The summed E-state index contributed by atoms with van der Waals surface area (Å²) < 4.78 is 0. The number of hydrogen-bond acceptors (Lipinski definition) is 3. The molecule has 0 bridgehead atoms. The number of benzene rings is 1. The third kappa shape index (κ3) is 3.35. The van der Waals surface area contributed by atoms with Crippen molar-refractivity contribution in [1.29, 1.82) is 0 Å². The van der Waals surface area contributed by atoms with E-state index < -0.39 is 0 Å². The molecular formula is C13H12Cl2N2O. The molecule has 1 aromatic carbocycles. The largest absolute Gasteiger partial charge is 0.392 e. The average Bonchev–Trinajstić information content (AvgIpc) is 2.38. The van der Waals surface area contributed by atoms with Crippen molar-refractivity contribution in [2.75, 3.05) is 5.32 Å². The Labute approximate surface area is 115 Å². The summed E-state index contributed by atoms with van der Waals surface area (Å²) in [5.74, 6) is 0.593. The van der Waals surface area contributed by atoms with Gasteiger partial charge in [0.2, 0.25) is 0 Å². The number of rotatable bonds is 4. The summed E-state index contributed by atoms with van der Waals surface area (Å²) >= 11 is 11.8. The minimum Gasteiger partial charge on any atom is -0.392 e. The molecule has 0 aliphatic heterocycles. The van der Waals surface area contributed by atoms with Crippen molar-refractivity contribution in [2.45, 2.75) is 13.2 Å². The van der Waals surface area contributed by atoms with E-state index in [4.69, 9.17) is 28.3 Å². The van der Waals surface area contributed by atoms with Gasteiger partial charge in [-0.25, -0.2) is 4.98 Å². The number of nitrogens with one attached hydrogen (secondary N) is 1. The highest BCUT2D eigenvalue weighted by Gasteiger charge is 2.02. The van der Waals surface area contributed by atoms with Crippen molar-refractivity contribution in [2.24, 2.45) is 0 Å². The highest BCUT2D eigenvalue weighted by atomic mass is 35.5. The molecular weight excluding hydrogens is 271 g/mol. The number of hydrogen-bond donors (Lipinski definition) is 2. The monoisotopic (exact) mass is 282 g/mol. The lowest BCUT2D eigenvalue weighted by Gasteiger charge is -2.08. The molecule has 0 spiro atoms. The van der Waals surface area contributed by atoms with Gasteiger partial charge in [0, 0.05) is 12.7 Å². The van der Waals surface area contributed by atoms with Crippen LogP contribution in [0.4, 0.5) is 5.82 Å². The number of aliphatic hydroxyl groups excluding tert-OH is 1. The molecule has 0 atom stereocenters. The van der Waals surface area contributed by atoms with Crippen LogP contribution >= 0.6 is 23.2 Å². The topological polar surface area (TPSA) is 45.1 Å². The van der Waals surface area contributed by atoms with Crippen molar-refractivity contribution in [3.8, 4) is 0 Å². The van der Waals surface area contributed by atoms with Crippen LogP contribution in [0.1, 0.15) is 11.1 Å². The third-order valence-electron chi connectivity index (χ3n) is 2.44. The number of aromatic nitrogens is 1. The van der Waals surface area contributed by atoms with Gasteiger partial charge in [-0.2, -0.15) is 0 Å². The smallest absolute Gasteiger partial charge is 0.145 e. The first-order valence-corrected chi connectivity index (χ1v) is 6.18. The van der Waals surface area contributed by atoms with E-state index in [1.807, 2.05) is 24.3 Å². The summed E-state index contributed by atoms with van der Waals surface area (Å²) in [6.45, 7) is 0.621. The minimum atomic E-state index is 0.0355. The van der Waals surface area contributed by atoms with Crippen LogP contribution in [0.15, 0.2) is 36.5 Å². The Morgan fingerprint density at radius 1 is 1.17 bits per heavy atom. The highest BCUT2D eigenvalue weighted by molar-refractivity contribution is 6.35. The van der Waals surface area contributed by atoms with E-state index >= 15 is 0 Å². The number of nitrogens with zero attached hydrogens (tertiary/aromatic N) is 1. The summed E-state index contributed by atoms with van der Waals surface area (Å²) in [4.78, 5) is 4.11. The summed E-state index contributed by atoms with van der Waals surface area (Å²) in [6, 6.07) is 9.31. The van der Waals surface area contributed by atoms with Gasteiger partial charge >= 0.3 is 0 Å². The van der Waals surface area contributed by atoms with E-state index in [-0.39, 0.29) is 6.61 Å². The van der Waals surface area contributed by atoms with Gasteiger partial charge in [-0.05, 0) is 17.2 Å². The van der Waals surface area contributed by atoms with Crippen LogP contribution in [-0.4, -0.2) is 10.1 Å². The molecule has 5 heteroatoms. The first-order chi connectivity index (χ1) is 8.69. The molecule has 1 aromatic heterocycles. The Morgan fingerprint density at radius 3 is 2.67 bits per heavy atom. The SMILES string of the molecule is OCc1cccc(CNc2ncc(Cl)cc2Cl)c1. The maximum atomic E-state index is 9.05. The molecule has 0 aliphatic rings. The van der Waals surface area contributed by atoms with Crippen LogP contribution in [0.5, 0.6) is 0 Å². The second-order valence-corrected chi connectivity index (χ2v) is 4.66. The first kappa shape index (κ1) is 13.1. The zero-order valence-corrected chi connectivity index (χ0v) is 11.0. The fraction of sp³-hybridized carbons (Fsp3) is 0.154. The average molecular weight is 283 g/mol. The van der Waals surface area contributed by atoms with Gasteiger partial charge in [0.25, 0.3) is 0 Å². The van der Waals surface area contributed by atoms with E-state index in [1.165, 1.54) is 0 Å². The van der Waals surface area contributed by atoms with E-state index in [0.717, 1.165) is 11.1 Å². The number of aliphatic hydroxyl groups is 1. The number of halogens is 2. The summed E-state index contributed by atoms with van der Waals surface area (Å²) in [6.07, 6.45) is 1.54. The van der Waals surface area contributed by atoms with Gasteiger partial charge < -0.3 is 10.4 Å². The van der Waals surface area contributed by atoms with Gasteiger partial charge in [0.1, 0.15) is 5.82 Å². The van der Waals surface area contributed by atoms with Crippen LogP contribution in [-0.2, 0) is 13.2 Å². The van der Waals surface area contributed by atoms with Crippen LogP contribution in [0.2, 0.25) is 10.0 Å². The maximum absolute atomic E-state index is 9.05. The normalized spacial score (nSPS) is 10.4. The van der Waals surface area contributed by atoms with E-state index in [1.54, 1.807) is 12.3 Å². The molecule has 0 amide bonds. The molecule has 18 heavy (non-hydrogen) atoms. The molecule has 0 radical (unpaired) electrons. The predicted octanol–water partition coefficient (Wildman–Crippen LogP) is 3.49. The van der Waals surface area contributed by atoms with Gasteiger partial charge in [-0.3, -0.25) is 0 Å². The van der Waals surface area contributed by atoms with E-state index in [0.29, 0.717) is 22.4 Å². The molecule has 2 aromatic rings. The first-order valence-electron chi connectivity index (χ1n) is 5.42. The van der Waals surface area contributed by atoms with Gasteiger partial charge in [-0.15, -0.1) is 0 Å². The summed E-state index contributed by atoms with van der Waals surface area (Å²) in [5.41, 5.74) is 1.93. The molecule has 1 heterocycles. The van der Waals surface area contributed by atoms with Crippen molar-refractivity contribution in [1.82, 2.24) is 4.98 Å². The van der Waals surface area contributed by atoms with E-state index in [9.17, 15) is 0 Å². The zero-order valence-electron chi connectivity index (χ0n) is 9.53. The lowest BCUT2D eigenvalue weighted by atomic mass is 10.1.